The number of para-hydroxylation sites is 4. The summed E-state index contributed by atoms with van der Waals surface area (Å²) >= 11 is 0. The quantitative estimate of drug-likeness (QED) is 0.151. The molecule has 0 spiro atoms. The zero-order valence-electron chi connectivity index (χ0n) is 43.8. The van der Waals surface area contributed by atoms with Crippen LogP contribution in [0.3, 0.4) is 0 Å². The van der Waals surface area contributed by atoms with Gasteiger partial charge in [-0.05, 0) is 172 Å². The second-order valence-corrected chi connectivity index (χ2v) is 21.4. The highest BCUT2D eigenvalue weighted by atomic mass is 15.2. The SMILES string of the molecule is Cc1cc(N(c2ccccc2)c2cccc3c2c2cccc4c5c(-c6ccccc6)c6c(c(C7=CC=CCC7)c5n3c24)c2cccc3c4c(N(c5ccccc5)c5cc(C)c(C)c(C)c5)cccc4n6c32)cc(C)c1C. The van der Waals surface area contributed by atoms with Crippen molar-refractivity contribution in [1.82, 2.24) is 8.80 Å². The monoisotopic (exact) mass is 976 g/mol. The molecule has 1 aliphatic rings. The summed E-state index contributed by atoms with van der Waals surface area (Å²) in [6.45, 7) is 13.4. The molecule has 10 aromatic carbocycles. The molecule has 76 heavy (non-hydrogen) atoms. The van der Waals surface area contributed by atoms with Gasteiger partial charge in [0.2, 0.25) is 0 Å². The Kier molecular flexibility index (Phi) is 9.75. The lowest BCUT2D eigenvalue weighted by atomic mass is 9.87. The van der Waals surface area contributed by atoms with Crippen molar-refractivity contribution in [1.29, 1.82) is 0 Å². The Morgan fingerprint density at radius 2 is 0.776 bits per heavy atom. The van der Waals surface area contributed by atoms with Crippen LogP contribution in [-0.4, -0.2) is 8.80 Å². The van der Waals surface area contributed by atoms with Gasteiger partial charge in [0, 0.05) is 77.0 Å². The van der Waals surface area contributed by atoms with Crippen LogP contribution in [0, 0.1) is 41.5 Å². The summed E-state index contributed by atoms with van der Waals surface area (Å²) in [5.41, 5.74) is 27.4. The van der Waals surface area contributed by atoms with E-state index in [0.717, 1.165) is 29.9 Å². The van der Waals surface area contributed by atoms with Crippen LogP contribution in [0.4, 0.5) is 34.1 Å². The number of hydrogen-bond acceptors (Lipinski definition) is 2. The van der Waals surface area contributed by atoms with Crippen molar-refractivity contribution in [3.05, 3.63) is 245 Å². The Balaban J connectivity index is 1.13. The van der Waals surface area contributed by atoms with Crippen molar-refractivity contribution >= 4 is 116 Å². The maximum atomic E-state index is 2.67. The molecule has 0 N–H and O–H groups in total. The number of allylic oxidation sites excluding steroid dienone is 4. The molecule has 0 saturated carbocycles. The van der Waals surface area contributed by atoms with Gasteiger partial charge in [-0.25, -0.2) is 0 Å². The number of rotatable bonds is 8. The summed E-state index contributed by atoms with van der Waals surface area (Å²) in [6, 6.07) is 70.7. The smallest absolute Gasteiger partial charge is 0.0633 e. The first-order chi connectivity index (χ1) is 37.3. The number of aromatic nitrogens is 2. The highest BCUT2D eigenvalue weighted by Crippen LogP contribution is 2.56. The summed E-state index contributed by atoms with van der Waals surface area (Å²) in [5.74, 6) is 0. The van der Waals surface area contributed by atoms with E-state index in [4.69, 9.17) is 0 Å². The highest BCUT2D eigenvalue weighted by Gasteiger charge is 2.33. The third-order valence-corrected chi connectivity index (χ3v) is 17.3. The third kappa shape index (κ3) is 6.19. The average molecular weight is 977 g/mol. The first-order valence-corrected chi connectivity index (χ1v) is 26.9. The molecule has 0 fully saturated rings. The van der Waals surface area contributed by atoms with Gasteiger partial charge in [0.1, 0.15) is 0 Å². The van der Waals surface area contributed by atoms with Crippen molar-refractivity contribution < 1.29 is 0 Å². The summed E-state index contributed by atoms with van der Waals surface area (Å²) < 4.78 is 5.33. The Hall–Kier alpha value is -9.12. The minimum atomic E-state index is 0.953. The molecule has 364 valence electrons. The van der Waals surface area contributed by atoms with Crippen LogP contribution in [0.25, 0.3) is 92.9 Å². The fourth-order valence-corrected chi connectivity index (χ4v) is 13.4. The molecule has 15 rings (SSSR count). The molecule has 0 aliphatic heterocycles. The van der Waals surface area contributed by atoms with Gasteiger partial charge in [-0.15, -0.1) is 0 Å². The zero-order valence-corrected chi connectivity index (χ0v) is 43.8. The Morgan fingerprint density at radius 3 is 1.22 bits per heavy atom. The van der Waals surface area contributed by atoms with Crippen LogP contribution >= 0.6 is 0 Å². The van der Waals surface area contributed by atoms with E-state index in [1.54, 1.807) is 0 Å². The van der Waals surface area contributed by atoms with E-state index in [-0.39, 0.29) is 0 Å². The van der Waals surface area contributed by atoms with Gasteiger partial charge in [0.25, 0.3) is 0 Å². The van der Waals surface area contributed by atoms with Crippen molar-refractivity contribution in [2.75, 3.05) is 9.80 Å². The van der Waals surface area contributed by atoms with Crippen molar-refractivity contribution in [2.24, 2.45) is 0 Å². The Morgan fingerprint density at radius 1 is 0.368 bits per heavy atom. The zero-order chi connectivity index (χ0) is 51.1. The first kappa shape index (κ1) is 44.4. The predicted molar refractivity (Wildman–Crippen MR) is 325 cm³/mol. The molecule has 0 bridgehead atoms. The molecule has 4 nitrogen and oxygen atoms in total. The van der Waals surface area contributed by atoms with Gasteiger partial charge in [0.15, 0.2) is 0 Å². The number of benzene rings is 10. The molecular weight excluding hydrogens is 921 g/mol. The van der Waals surface area contributed by atoms with Crippen molar-refractivity contribution in [3.63, 3.8) is 0 Å². The Bertz CT molecular complexity index is 4690. The number of aryl methyl sites for hydroxylation is 4. The first-order valence-electron chi connectivity index (χ1n) is 26.9. The van der Waals surface area contributed by atoms with E-state index in [0.29, 0.717) is 0 Å². The lowest BCUT2D eigenvalue weighted by Gasteiger charge is -2.28. The lowest BCUT2D eigenvalue weighted by Crippen LogP contribution is -2.11. The minimum Gasteiger partial charge on any atom is -0.310 e. The number of hydrogen-bond donors (Lipinski definition) is 0. The normalized spacial score (nSPS) is 13.1. The van der Waals surface area contributed by atoms with Gasteiger partial charge in [-0.3, -0.25) is 0 Å². The van der Waals surface area contributed by atoms with Crippen molar-refractivity contribution in [2.45, 2.75) is 54.4 Å². The van der Waals surface area contributed by atoms with Crippen LogP contribution in [0.15, 0.2) is 206 Å². The van der Waals surface area contributed by atoms with Crippen LogP contribution in [0.1, 0.15) is 51.8 Å². The molecule has 0 radical (unpaired) electrons. The fraction of sp³-hybridized carbons (Fsp3) is 0.111. The second-order valence-electron chi connectivity index (χ2n) is 21.4. The van der Waals surface area contributed by atoms with Gasteiger partial charge < -0.3 is 18.6 Å². The van der Waals surface area contributed by atoms with E-state index < -0.39 is 0 Å². The van der Waals surface area contributed by atoms with Crippen LogP contribution in [0.5, 0.6) is 0 Å². The molecule has 1 aliphatic carbocycles. The Labute approximate surface area is 443 Å². The maximum absolute atomic E-state index is 2.67. The summed E-state index contributed by atoms with van der Waals surface area (Å²) in [5, 5.41) is 10.2. The maximum Gasteiger partial charge on any atom is 0.0633 e. The highest BCUT2D eigenvalue weighted by molar-refractivity contribution is 6.37. The molecule has 0 unspecified atom stereocenters. The van der Waals surface area contributed by atoms with Gasteiger partial charge in [-0.2, -0.15) is 0 Å². The van der Waals surface area contributed by atoms with Crippen LogP contribution in [-0.2, 0) is 0 Å². The summed E-state index contributed by atoms with van der Waals surface area (Å²) in [4.78, 5) is 4.97. The average Bonchev–Trinajstić information content (AvgIpc) is 4.31. The number of nitrogens with zero attached hydrogens (tertiary/aromatic N) is 4. The van der Waals surface area contributed by atoms with Crippen LogP contribution in [0.2, 0.25) is 0 Å². The minimum absolute atomic E-state index is 0.953. The molecule has 4 heterocycles. The third-order valence-electron chi connectivity index (χ3n) is 17.3. The number of anilines is 6. The van der Waals surface area contributed by atoms with E-state index in [9.17, 15) is 0 Å². The molecular formula is C72H56N4. The topological polar surface area (TPSA) is 15.3 Å². The lowest BCUT2D eigenvalue weighted by molar-refractivity contribution is 1.06. The molecule has 4 heteroatoms. The van der Waals surface area contributed by atoms with Gasteiger partial charge >= 0.3 is 0 Å². The molecule has 0 amide bonds. The number of fused-ring (bicyclic) bond motifs is 12. The molecule has 0 atom stereocenters. The van der Waals surface area contributed by atoms with Crippen molar-refractivity contribution in [3.8, 4) is 11.1 Å². The summed E-state index contributed by atoms with van der Waals surface area (Å²) in [6.07, 6.45) is 8.97. The van der Waals surface area contributed by atoms with E-state index in [1.165, 1.54) is 149 Å². The summed E-state index contributed by atoms with van der Waals surface area (Å²) in [7, 11) is 0. The van der Waals surface area contributed by atoms with E-state index in [2.05, 4.69) is 266 Å². The predicted octanol–water partition coefficient (Wildman–Crippen LogP) is 20.2. The molecule has 4 aromatic heterocycles. The molecule has 14 aromatic rings. The van der Waals surface area contributed by atoms with Gasteiger partial charge in [0.05, 0.1) is 44.5 Å². The van der Waals surface area contributed by atoms with Gasteiger partial charge in [-0.1, -0.05) is 133 Å². The largest absolute Gasteiger partial charge is 0.310 e. The van der Waals surface area contributed by atoms with Crippen LogP contribution < -0.4 is 9.80 Å². The second kappa shape index (κ2) is 16.7. The molecule has 0 saturated heterocycles. The van der Waals surface area contributed by atoms with E-state index >= 15 is 0 Å². The standard InChI is InChI=1S/C72H56N4/c1-43-39-53(40-44(2)47(43)5)73(51-27-15-9-16-28-51)59-35-21-37-61-65(59)55-31-19-33-57-67-64(50-25-13-8-14-26-50)72-68(63(49-23-11-7-12-24-49)71(67)75(61)69(55)57)58-34-20-32-56-66-60(36-22-38-62(66)76(72)70(56)58)74(52-29-17-10-18-30-52)54-41-45(3)48(6)46(4)42-54/h7-13,15-25,27-42H,14,26H2,1-6H3. The fourth-order valence-electron chi connectivity index (χ4n) is 13.4. The van der Waals surface area contributed by atoms with E-state index in [1.807, 2.05) is 0 Å².